The molecule has 1 atom stereocenters. The third kappa shape index (κ3) is 3.86. The van der Waals surface area contributed by atoms with Gasteiger partial charge in [-0.1, -0.05) is 37.3 Å². The van der Waals surface area contributed by atoms with Gasteiger partial charge in [0.1, 0.15) is 6.61 Å². The van der Waals surface area contributed by atoms with Gasteiger partial charge in [-0.3, -0.25) is 4.79 Å². The van der Waals surface area contributed by atoms with Gasteiger partial charge in [-0.25, -0.2) is 0 Å². The van der Waals surface area contributed by atoms with Crippen molar-refractivity contribution < 1.29 is 9.53 Å². The van der Waals surface area contributed by atoms with Crippen LogP contribution in [0.2, 0.25) is 0 Å². The number of ether oxygens (including phenoxy) is 1. The Bertz CT molecular complexity index is 366. The second-order valence-corrected chi connectivity index (χ2v) is 4.47. The summed E-state index contributed by atoms with van der Waals surface area (Å²) in [4.78, 5) is 11.7. The lowest BCUT2D eigenvalue weighted by molar-refractivity contribution is -0.145. The van der Waals surface area contributed by atoms with Gasteiger partial charge >= 0.3 is 5.97 Å². The minimum atomic E-state index is -0.146. The molecule has 0 amide bonds. The van der Waals surface area contributed by atoms with Crippen LogP contribution in [0.25, 0.3) is 0 Å². The van der Waals surface area contributed by atoms with Gasteiger partial charge in [0, 0.05) is 6.42 Å². The van der Waals surface area contributed by atoms with Crippen LogP contribution in [0.5, 0.6) is 0 Å². The molecule has 1 aromatic rings. The fourth-order valence-electron chi connectivity index (χ4n) is 1.88. The first kappa shape index (κ1) is 13.1. The van der Waals surface area contributed by atoms with E-state index in [0.29, 0.717) is 13.0 Å². The third-order valence-electron chi connectivity index (χ3n) is 2.97. The minimum Gasteiger partial charge on any atom is -0.461 e. The molecule has 18 heavy (non-hydrogen) atoms. The molecule has 0 saturated heterocycles. The second-order valence-electron chi connectivity index (χ2n) is 4.47. The van der Waals surface area contributed by atoms with E-state index in [-0.39, 0.29) is 11.9 Å². The monoisotopic (exact) mass is 241 g/mol. The van der Waals surface area contributed by atoms with E-state index < -0.39 is 0 Å². The zero-order chi connectivity index (χ0) is 12.8. The van der Waals surface area contributed by atoms with E-state index in [1.165, 1.54) is 5.92 Å². The van der Waals surface area contributed by atoms with Crippen LogP contribution in [0, 0.1) is 37.5 Å². The highest BCUT2D eigenvalue weighted by molar-refractivity contribution is 5.70. The first-order valence-corrected chi connectivity index (χ1v) is 6.17. The Balaban J connectivity index is 1.71. The lowest BCUT2D eigenvalue weighted by Crippen LogP contribution is -2.14. The van der Waals surface area contributed by atoms with Crippen LogP contribution < -0.4 is 0 Å². The predicted octanol–water partition coefficient (Wildman–Crippen LogP) is 3.16. The molecule has 0 N–H and O–H groups in total. The molecule has 0 spiro atoms. The van der Waals surface area contributed by atoms with Gasteiger partial charge in [0.05, 0.1) is 0 Å². The maximum absolute atomic E-state index is 11.7. The average Bonchev–Trinajstić information content (AvgIpc) is 2.91. The molecule has 0 unspecified atom stereocenters. The van der Waals surface area contributed by atoms with Gasteiger partial charge in [-0.15, -0.1) is 0 Å². The van der Waals surface area contributed by atoms with E-state index in [2.05, 4.69) is 0 Å². The molecular formula is C16H17O2. The Labute approximate surface area is 109 Å². The zero-order valence-corrected chi connectivity index (χ0v) is 10.5. The van der Waals surface area contributed by atoms with Crippen LogP contribution in [0.15, 0.2) is 30.3 Å². The molecular weight excluding hydrogens is 224 g/mol. The van der Waals surface area contributed by atoms with Crippen LogP contribution in [0.1, 0.15) is 18.9 Å². The Hall–Kier alpha value is -1.31. The molecule has 2 rings (SSSR count). The van der Waals surface area contributed by atoms with E-state index in [1.54, 1.807) is 0 Å². The summed E-state index contributed by atoms with van der Waals surface area (Å²) >= 11 is 0. The van der Waals surface area contributed by atoms with Crippen molar-refractivity contribution in [2.75, 3.05) is 0 Å². The number of hydrogen-bond donors (Lipinski definition) is 0. The van der Waals surface area contributed by atoms with Crippen LogP contribution in [0.4, 0.5) is 0 Å². The van der Waals surface area contributed by atoms with E-state index in [9.17, 15) is 4.79 Å². The van der Waals surface area contributed by atoms with Crippen molar-refractivity contribution in [1.29, 1.82) is 0 Å². The van der Waals surface area contributed by atoms with Gasteiger partial charge in [0.2, 0.25) is 0 Å². The Morgan fingerprint density at radius 2 is 1.83 bits per heavy atom. The second kappa shape index (κ2) is 6.58. The highest BCUT2D eigenvalue weighted by atomic mass is 16.5. The topological polar surface area (TPSA) is 26.3 Å². The number of hydrogen-bond acceptors (Lipinski definition) is 2. The lowest BCUT2D eigenvalue weighted by Gasteiger charge is -2.16. The molecule has 2 nitrogen and oxygen atoms in total. The molecule has 1 fully saturated rings. The van der Waals surface area contributed by atoms with Crippen molar-refractivity contribution in [3.05, 3.63) is 67.5 Å². The summed E-state index contributed by atoms with van der Waals surface area (Å²) in [5, 5.41) is 0. The molecule has 2 heteroatoms. The number of carbonyl (C=O) groups excluding carboxylic acids is 1. The molecule has 93 valence electrons. The maximum atomic E-state index is 11.7. The van der Waals surface area contributed by atoms with E-state index in [1.807, 2.05) is 62.9 Å². The van der Waals surface area contributed by atoms with Crippen LogP contribution in [0.3, 0.4) is 0 Å². The summed E-state index contributed by atoms with van der Waals surface area (Å²) in [5.74, 6) is 1.25. The Morgan fingerprint density at radius 3 is 2.50 bits per heavy atom. The Kier molecular flexibility index (Phi) is 4.80. The molecule has 1 aromatic carbocycles. The van der Waals surface area contributed by atoms with Crippen LogP contribution in [-0.2, 0) is 16.1 Å². The van der Waals surface area contributed by atoms with Gasteiger partial charge in [0.15, 0.2) is 0 Å². The normalized spacial score (nSPS) is 17.6. The molecule has 0 bridgehead atoms. The Morgan fingerprint density at radius 1 is 1.17 bits per heavy atom. The molecule has 1 saturated carbocycles. The average molecular weight is 241 g/mol. The lowest BCUT2D eigenvalue weighted by atomic mass is 9.90. The summed E-state index contributed by atoms with van der Waals surface area (Å²) in [6, 6.07) is 9.73. The fourth-order valence-corrected chi connectivity index (χ4v) is 1.88. The minimum absolute atomic E-state index is 0.146. The summed E-state index contributed by atoms with van der Waals surface area (Å²) in [7, 11) is 0. The number of esters is 1. The predicted molar refractivity (Wildman–Crippen MR) is 70.5 cm³/mol. The number of benzene rings is 1. The smallest absolute Gasteiger partial charge is 0.306 e. The van der Waals surface area contributed by atoms with Gasteiger partial charge in [-0.2, -0.15) is 0 Å². The first-order chi connectivity index (χ1) is 8.75. The number of carbonyl (C=O) groups is 1. The molecule has 0 heterocycles. The van der Waals surface area contributed by atoms with Gasteiger partial charge in [0.25, 0.3) is 0 Å². The van der Waals surface area contributed by atoms with E-state index in [4.69, 9.17) is 4.74 Å². The van der Waals surface area contributed by atoms with Crippen molar-refractivity contribution in [2.24, 2.45) is 5.92 Å². The highest BCUT2D eigenvalue weighted by Gasteiger charge is 2.25. The van der Waals surface area contributed by atoms with Crippen molar-refractivity contribution in [3.8, 4) is 0 Å². The highest BCUT2D eigenvalue weighted by Crippen LogP contribution is 2.32. The largest absolute Gasteiger partial charge is 0.461 e. The summed E-state index contributed by atoms with van der Waals surface area (Å²) in [6.45, 7) is 2.40. The van der Waals surface area contributed by atoms with Crippen LogP contribution in [-0.4, -0.2) is 5.97 Å². The molecule has 0 aromatic heterocycles. The number of rotatable bonds is 5. The van der Waals surface area contributed by atoms with Crippen LogP contribution >= 0.6 is 0 Å². The van der Waals surface area contributed by atoms with E-state index in [0.717, 1.165) is 5.56 Å². The van der Waals surface area contributed by atoms with Gasteiger partial charge in [-0.05, 0) is 43.1 Å². The molecule has 1 aliphatic carbocycles. The standard InChI is InChI=1S/C16H17O2/c1-13(15-9-5-6-10-15)11-16(17)18-12-14-7-3-2-4-8-14/h2-10,13H,11-12H2,1H3/t13-/m1/s1. The zero-order valence-electron chi connectivity index (χ0n) is 10.5. The van der Waals surface area contributed by atoms with Gasteiger partial charge < -0.3 is 4.74 Å². The maximum Gasteiger partial charge on any atom is 0.306 e. The summed E-state index contributed by atoms with van der Waals surface area (Å²) in [5.41, 5.74) is 1.02. The third-order valence-corrected chi connectivity index (χ3v) is 2.97. The molecule has 1 aliphatic rings. The quantitative estimate of drug-likeness (QED) is 0.740. The van der Waals surface area contributed by atoms with Crippen molar-refractivity contribution in [2.45, 2.75) is 20.0 Å². The first-order valence-electron chi connectivity index (χ1n) is 6.17. The molecule has 5 radical (unpaired) electrons. The van der Waals surface area contributed by atoms with E-state index >= 15 is 0 Å². The summed E-state index contributed by atoms with van der Waals surface area (Å²) in [6.07, 6.45) is 8.48. The van der Waals surface area contributed by atoms with Crippen molar-refractivity contribution >= 4 is 5.97 Å². The fraction of sp³-hybridized carbons (Fsp3) is 0.250. The van der Waals surface area contributed by atoms with Crippen molar-refractivity contribution in [1.82, 2.24) is 0 Å². The SMILES string of the molecule is C[C@H](CC(=O)OCc1ccccc1)[C]1[CH][CH][CH][CH]1. The molecule has 0 aliphatic heterocycles. The summed E-state index contributed by atoms with van der Waals surface area (Å²) < 4.78 is 5.26. The van der Waals surface area contributed by atoms with Crippen molar-refractivity contribution in [3.63, 3.8) is 0 Å².